The molecule has 5 heteroatoms. The van der Waals surface area contributed by atoms with Crippen LogP contribution in [0, 0.1) is 0 Å². The molecule has 126 valence electrons. The van der Waals surface area contributed by atoms with E-state index in [0.717, 1.165) is 16.7 Å². The van der Waals surface area contributed by atoms with Crippen molar-refractivity contribution in [2.24, 2.45) is 0 Å². The molecule has 0 radical (unpaired) electrons. The summed E-state index contributed by atoms with van der Waals surface area (Å²) >= 11 is 8.93. The van der Waals surface area contributed by atoms with Crippen molar-refractivity contribution in [1.82, 2.24) is 5.32 Å². The Morgan fingerprint density at radius 1 is 1.12 bits per heavy atom. The van der Waals surface area contributed by atoms with Gasteiger partial charge in [-0.15, -0.1) is 12.6 Å². The van der Waals surface area contributed by atoms with Crippen molar-refractivity contribution in [2.45, 2.75) is 32.9 Å². The van der Waals surface area contributed by atoms with Gasteiger partial charge in [-0.05, 0) is 43.5 Å². The SMILES string of the molecule is CC(C)(C)OC(=O)c1ccccc1-c1ccc(CNC(=S)S)cc1. The molecule has 0 spiro atoms. The van der Waals surface area contributed by atoms with E-state index in [1.165, 1.54) is 0 Å². The van der Waals surface area contributed by atoms with Gasteiger partial charge in [0.2, 0.25) is 0 Å². The lowest BCUT2D eigenvalue weighted by Crippen LogP contribution is -2.24. The zero-order valence-electron chi connectivity index (χ0n) is 14.0. The van der Waals surface area contributed by atoms with Gasteiger partial charge < -0.3 is 10.1 Å². The van der Waals surface area contributed by atoms with Gasteiger partial charge in [0.25, 0.3) is 0 Å². The van der Waals surface area contributed by atoms with Crippen LogP contribution in [0.1, 0.15) is 36.7 Å². The van der Waals surface area contributed by atoms with Crippen molar-refractivity contribution >= 4 is 35.1 Å². The topological polar surface area (TPSA) is 38.3 Å². The van der Waals surface area contributed by atoms with Crippen LogP contribution >= 0.6 is 24.8 Å². The van der Waals surface area contributed by atoms with Crippen molar-refractivity contribution in [1.29, 1.82) is 0 Å². The molecular formula is C19H21NO2S2. The number of hydrogen-bond donors (Lipinski definition) is 2. The highest BCUT2D eigenvalue weighted by molar-refractivity contribution is 8.11. The largest absolute Gasteiger partial charge is 0.456 e. The molecule has 0 saturated heterocycles. The van der Waals surface area contributed by atoms with Gasteiger partial charge in [0, 0.05) is 6.54 Å². The minimum absolute atomic E-state index is 0.315. The summed E-state index contributed by atoms with van der Waals surface area (Å²) in [5.74, 6) is -0.315. The van der Waals surface area contributed by atoms with E-state index in [4.69, 9.17) is 17.0 Å². The molecule has 2 rings (SSSR count). The number of thiocarbonyl (C=S) groups is 1. The summed E-state index contributed by atoms with van der Waals surface area (Å²) in [4.78, 5) is 12.4. The first-order chi connectivity index (χ1) is 11.3. The molecular weight excluding hydrogens is 338 g/mol. The van der Waals surface area contributed by atoms with Crippen LogP contribution in [-0.2, 0) is 11.3 Å². The number of nitrogens with one attached hydrogen (secondary N) is 1. The lowest BCUT2D eigenvalue weighted by molar-refractivity contribution is 0.00705. The molecule has 24 heavy (non-hydrogen) atoms. The van der Waals surface area contributed by atoms with Crippen molar-refractivity contribution in [2.75, 3.05) is 0 Å². The molecule has 0 aromatic heterocycles. The maximum Gasteiger partial charge on any atom is 0.339 e. The number of benzene rings is 2. The average molecular weight is 360 g/mol. The van der Waals surface area contributed by atoms with Gasteiger partial charge in [0.1, 0.15) is 9.92 Å². The Hall–Kier alpha value is -1.85. The molecule has 0 saturated carbocycles. The van der Waals surface area contributed by atoms with E-state index in [-0.39, 0.29) is 5.97 Å². The fourth-order valence-electron chi connectivity index (χ4n) is 2.23. The fourth-order valence-corrected chi connectivity index (χ4v) is 2.38. The molecule has 1 N–H and O–H groups in total. The second kappa shape index (κ2) is 7.81. The first-order valence-corrected chi connectivity index (χ1v) is 8.50. The second-order valence-corrected chi connectivity index (χ2v) is 7.56. The number of hydrogen-bond acceptors (Lipinski definition) is 3. The van der Waals surface area contributed by atoms with Crippen LogP contribution in [0.15, 0.2) is 48.5 Å². The van der Waals surface area contributed by atoms with E-state index < -0.39 is 5.60 Å². The Kier molecular flexibility index (Phi) is 6.02. The number of carbonyl (C=O) groups excluding carboxylic acids is 1. The number of ether oxygens (including phenoxy) is 1. The zero-order chi connectivity index (χ0) is 17.7. The third kappa shape index (κ3) is 5.35. The van der Waals surface area contributed by atoms with Crippen LogP contribution in [0.4, 0.5) is 0 Å². The van der Waals surface area contributed by atoms with Gasteiger partial charge in [-0.3, -0.25) is 0 Å². The lowest BCUT2D eigenvalue weighted by atomic mass is 9.98. The van der Waals surface area contributed by atoms with Gasteiger partial charge in [-0.2, -0.15) is 0 Å². The summed E-state index contributed by atoms with van der Waals surface area (Å²) in [6, 6.07) is 15.4. The Labute approximate surface area is 153 Å². The van der Waals surface area contributed by atoms with E-state index in [9.17, 15) is 4.79 Å². The van der Waals surface area contributed by atoms with Gasteiger partial charge in [-0.1, -0.05) is 54.7 Å². The summed E-state index contributed by atoms with van der Waals surface area (Å²) in [6.07, 6.45) is 0. The molecule has 2 aromatic rings. The monoisotopic (exact) mass is 359 g/mol. The standard InChI is InChI=1S/C19H21NO2S2/c1-19(2,3)22-17(21)16-7-5-4-6-15(16)14-10-8-13(9-11-14)12-20-18(23)24/h4-11H,12H2,1-3H3,(H2,20,23,24). The minimum Gasteiger partial charge on any atom is -0.456 e. The Morgan fingerprint density at radius 3 is 2.33 bits per heavy atom. The predicted molar refractivity (Wildman–Crippen MR) is 105 cm³/mol. The molecule has 0 atom stereocenters. The van der Waals surface area contributed by atoms with Gasteiger partial charge in [0.15, 0.2) is 0 Å². The molecule has 0 aliphatic rings. The fraction of sp³-hybridized carbons (Fsp3) is 0.263. The normalized spacial score (nSPS) is 11.0. The van der Waals surface area contributed by atoms with Crippen LogP contribution in [0.25, 0.3) is 11.1 Å². The van der Waals surface area contributed by atoms with Crippen LogP contribution in [0.5, 0.6) is 0 Å². The highest BCUT2D eigenvalue weighted by Crippen LogP contribution is 2.26. The summed E-state index contributed by atoms with van der Waals surface area (Å²) in [5.41, 5.74) is 2.95. The summed E-state index contributed by atoms with van der Waals surface area (Å²) in [6.45, 7) is 6.21. The molecule has 0 aliphatic carbocycles. The van der Waals surface area contributed by atoms with E-state index in [1.807, 2.05) is 63.2 Å². The number of esters is 1. The van der Waals surface area contributed by atoms with Crippen molar-refractivity contribution < 1.29 is 9.53 Å². The Bertz CT molecular complexity index is 734. The summed E-state index contributed by atoms with van der Waals surface area (Å²) in [5, 5.41) is 3.00. The van der Waals surface area contributed by atoms with Crippen LogP contribution < -0.4 is 5.32 Å². The maximum absolute atomic E-state index is 12.4. The first-order valence-electron chi connectivity index (χ1n) is 7.65. The second-order valence-electron chi connectivity index (χ2n) is 6.40. The van der Waals surface area contributed by atoms with Crippen molar-refractivity contribution in [3.8, 4) is 11.1 Å². The number of rotatable bonds is 4. The molecule has 2 aromatic carbocycles. The molecule has 3 nitrogen and oxygen atoms in total. The van der Waals surface area contributed by atoms with Gasteiger partial charge in [0.05, 0.1) is 5.56 Å². The Morgan fingerprint density at radius 2 is 1.75 bits per heavy atom. The van der Waals surface area contributed by atoms with E-state index in [2.05, 4.69) is 17.9 Å². The van der Waals surface area contributed by atoms with Gasteiger partial charge >= 0.3 is 5.97 Å². The molecule has 0 amide bonds. The van der Waals surface area contributed by atoms with Gasteiger partial charge in [-0.25, -0.2) is 4.79 Å². The van der Waals surface area contributed by atoms with Crippen molar-refractivity contribution in [3.63, 3.8) is 0 Å². The lowest BCUT2D eigenvalue weighted by Gasteiger charge is -2.20. The Balaban J connectivity index is 2.26. The summed E-state index contributed by atoms with van der Waals surface area (Å²) in [7, 11) is 0. The quantitative estimate of drug-likeness (QED) is 0.475. The highest BCUT2D eigenvalue weighted by atomic mass is 32.1. The van der Waals surface area contributed by atoms with Crippen LogP contribution in [-0.4, -0.2) is 15.9 Å². The van der Waals surface area contributed by atoms with Crippen molar-refractivity contribution in [3.05, 3.63) is 59.7 Å². The van der Waals surface area contributed by atoms with Crippen LogP contribution in [0.3, 0.4) is 0 Å². The molecule has 0 aliphatic heterocycles. The molecule has 0 unspecified atom stereocenters. The third-order valence-corrected chi connectivity index (χ3v) is 3.56. The average Bonchev–Trinajstić information content (AvgIpc) is 2.52. The zero-order valence-corrected chi connectivity index (χ0v) is 15.7. The van der Waals surface area contributed by atoms with E-state index >= 15 is 0 Å². The first kappa shape index (κ1) is 18.5. The molecule has 0 bridgehead atoms. The summed E-state index contributed by atoms with van der Waals surface area (Å²) < 4.78 is 5.97. The number of carbonyl (C=O) groups is 1. The predicted octanol–water partition coefficient (Wildman–Crippen LogP) is 4.61. The molecule has 0 fully saturated rings. The maximum atomic E-state index is 12.4. The highest BCUT2D eigenvalue weighted by Gasteiger charge is 2.20. The van der Waals surface area contributed by atoms with Crippen LogP contribution in [0.2, 0.25) is 0 Å². The third-order valence-electron chi connectivity index (χ3n) is 3.25. The number of thiol groups is 1. The van der Waals surface area contributed by atoms with E-state index in [1.54, 1.807) is 6.07 Å². The molecule has 0 heterocycles. The minimum atomic E-state index is -0.523. The smallest absolute Gasteiger partial charge is 0.339 e. The van der Waals surface area contributed by atoms with E-state index in [0.29, 0.717) is 16.4 Å².